The number of carbonyl (C=O) groups excluding carboxylic acids is 1. The van der Waals surface area contributed by atoms with Crippen molar-refractivity contribution in [3.05, 3.63) is 35.2 Å². The third-order valence-electron chi connectivity index (χ3n) is 2.78. The van der Waals surface area contributed by atoms with Crippen LogP contribution in [-0.2, 0) is 0 Å². The summed E-state index contributed by atoms with van der Waals surface area (Å²) >= 11 is 6.49. The first-order valence-electron chi connectivity index (χ1n) is 5.70. The first-order chi connectivity index (χ1) is 8.63. The number of thiocarbonyl (C=S) groups is 1. The molecule has 5 heteroatoms. The van der Waals surface area contributed by atoms with E-state index in [1.807, 2.05) is 36.6 Å². The highest BCUT2D eigenvalue weighted by Crippen LogP contribution is 2.25. The van der Waals surface area contributed by atoms with Crippen LogP contribution in [0.1, 0.15) is 23.7 Å². The first kappa shape index (κ1) is 13.0. The molecule has 1 heterocycles. The third kappa shape index (κ3) is 2.52. The second kappa shape index (κ2) is 5.46. The van der Waals surface area contributed by atoms with Crippen LogP contribution in [0.15, 0.2) is 29.6 Å². The van der Waals surface area contributed by atoms with E-state index in [9.17, 15) is 4.79 Å². The molecule has 18 heavy (non-hydrogen) atoms. The quantitative estimate of drug-likeness (QED) is 0.845. The van der Waals surface area contributed by atoms with Crippen LogP contribution in [0.4, 0.5) is 0 Å². The summed E-state index contributed by atoms with van der Waals surface area (Å²) in [6, 6.07) is 7.59. The van der Waals surface area contributed by atoms with E-state index in [1.165, 1.54) is 0 Å². The Kier molecular flexibility index (Phi) is 3.93. The second-order valence-electron chi connectivity index (χ2n) is 3.98. The normalized spacial score (nSPS) is 12.3. The summed E-state index contributed by atoms with van der Waals surface area (Å²) in [6.45, 7) is 1.94. The molecule has 0 saturated heterocycles. The van der Waals surface area contributed by atoms with Crippen LogP contribution in [0.2, 0.25) is 0 Å². The van der Waals surface area contributed by atoms with E-state index < -0.39 is 0 Å². The van der Waals surface area contributed by atoms with Crippen molar-refractivity contribution in [2.75, 3.05) is 0 Å². The Balaban J connectivity index is 2.26. The first-order valence-corrected chi connectivity index (χ1v) is 6.98. The van der Waals surface area contributed by atoms with Gasteiger partial charge in [-0.25, -0.2) is 0 Å². The van der Waals surface area contributed by atoms with Gasteiger partial charge in [0.1, 0.15) is 0 Å². The number of thiophene rings is 1. The molecule has 3 N–H and O–H groups in total. The topological polar surface area (TPSA) is 55.1 Å². The number of benzene rings is 1. The molecule has 0 radical (unpaired) electrons. The maximum absolute atomic E-state index is 12.2. The van der Waals surface area contributed by atoms with Gasteiger partial charge in [-0.05, 0) is 12.5 Å². The maximum atomic E-state index is 12.2. The summed E-state index contributed by atoms with van der Waals surface area (Å²) in [6.07, 6.45) is 0.698. The van der Waals surface area contributed by atoms with Gasteiger partial charge >= 0.3 is 0 Å². The summed E-state index contributed by atoms with van der Waals surface area (Å²) in [7, 11) is 0. The maximum Gasteiger partial charge on any atom is 0.253 e. The van der Waals surface area contributed by atoms with Crippen molar-refractivity contribution in [2.45, 2.75) is 19.4 Å². The van der Waals surface area contributed by atoms with Gasteiger partial charge in [0, 0.05) is 15.5 Å². The van der Waals surface area contributed by atoms with E-state index in [4.69, 9.17) is 18.0 Å². The van der Waals surface area contributed by atoms with Crippen molar-refractivity contribution in [3.63, 3.8) is 0 Å². The fourth-order valence-corrected chi connectivity index (χ4v) is 2.93. The molecule has 0 saturated carbocycles. The Labute approximate surface area is 115 Å². The predicted octanol–water partition coefficient (Wildman–Crippen LogP) is 2.70. The Hall–Kier alpha value is -1.46. The van der Waals surface area contributed by atoms with Gasteiger partial charge in [0.2, 0.25) is 0 Å². The molecule has 94 valence electrons. The molecule has 1 atom stereocenters. The minimum absolute atomic E-state index is 0.118. The molecule has 0 fully saturated rings. The SMILES string of the molecule is CCC(NC(=O)c1csc2ccccc12)C(N)=S. The van der Waals surface area contributed by atoms with Gasteiger partial charge in [-0.2, -0.15) is 0 Å². The van der Waals surface area contributed by atoms with Crippen molar-refractivity contribution in [1.29, 1.82) is 0 Å². The van der Waals surface area contributed by atoms with Crippen molar-refractivity contribution in [1.82, 2.24) is 5.32 Å². The van der Waals surface area contributed by atoms with Gasteiger partial charge in [0.05, 0.1) is 16.6 Å². The molecule has 1 aromatic heterocycles. The largest absolute Gasteiger partial charge is 0.392 e. The number of nitrogens with two attached hydrogens (primary N) is 1. The van der Waals surface area contributed by atoms with Gasteiger partial charge in [0.15, 0.2) is 0 Å². The highest BCUT2D eigenvalue weighted by atomic mass is 32.1. The molecule has 0 aliphatic rings. The number of rotatable bonds is 4. The van der Waals surface area contributed by atoms with Crippen LogP contribution in [0, 0.1) is 0 Å². The summed E-state index contributed by atoms with van der Waals surface area (Å²) in [5, 5.41) is 5.70. The molecule has 3 nitrogen and oxygen atoms in total. The Morgan fingerprint density at radius 3 is 2.89 bits per heavy atom. The molecule has 0 aliphatic heterocycles. The molecular weight excluding hydrogens is 264 g/mol. The number of amides is 1. The summed E-state index contributed by atoms with van der Waals surface area (Å²) < 4.78 is 1.10. The van der Waals surface area contributed by atoms with Gasteiger partial charge in [-0.3, -0.25) is 4.79 Å². The lowest BCUT2D eigenvalue weighted by molar-refractivity contribution is 0.0948. The third-order valence-corrected chi connectivity index (χ3v) is 4.03. The van der Waals surface area contributed by atoms with E-state index >= 15 is 0 Å². The number of hydrogen-bond acceptors (Lipinski definition) is 3. The smallest absolute Gasteiger partial charge is 0.253 e. The van der Waals surface area contributed by atoms with Crippen molar-refractivity contribution < 1.29 is 4.79 Å². The monoisotopic (exact) mass is 278 g/mol. The molecule has 2 aromatic rings. The summed E-state index contributed by atoms with van der Waals surface area (Å²) in [5.74, 6) is -0.118. The minimum Gasteiger partial charge on any atom is -0.392 e. The zero-order valence-electron chi connectivity index (χ0n) is 9.97. The number of hydrogen-bond donors (Lipinski definition) is 2. The second-order valence-corrected chi connectivity index (χ2v) is 5.36. The van der Waals surface area contributed by atoms with E-state index in [1.54, 1.807) is 11.3 Å². The van der Waals surface area contributed by atoms with Crippen molar-refractivity contribution >= 4 is 44.5 Å². The molecule has 0 bridgehead atoms. The van der Waals surface area contributed by atoms with Crippen LogP contribution in [0.25, 0.3) is 10.1 Å². The fraction of sp³-hybridized carbons (Fsp3) is 0.231. The van der Waals surface area contributed by atoms with E-state index in [0.717, 1.165) is 10.1 Å². The van der Waals surface area contributed by atoms with Gasteiger partial charge in [-0.1, -0.05) is 37.3 Å². The highest BCUT2D eigenvalue weighted by Gasteiger charge is 2.17. The van der Waals surface area contributed by atoms with Crippen LogP contribution in [-0.4, -0.2) is 16.9 Å². The van der Waals surface area contributed by atoms with Gasteiger partial charge in [0.25, 0.3) is 5.91 Å². The van der Waals surface area contributed by atoms with Crippen molar-refractivity contribution in [2.24, 2.45) is 5.73 Å². The van der Waals surface area contributed by atoms with Crippen LogP contribution >= 0.6 is 23.6 Å². The van der Waals surface area contributed by atoms with Crippen LogP contribution in [0.3, 0.4) is 0 Å². The standard InChI is InChI=1S/C13H14N2OS2/c1-2-10(12(14)17)15-13(16)9-7-18-11-6-4-3-5-8(9)11/h3-7,10H,2H2,1H3,(H2,14,17)(H,15,16). The minimum atomic E-state index is -0.244. The lowest BCUT2D eigenvalue weighted by Gasteiger charge is -2.14. The molecule has 1 aromatic carbocycles. The summed E-state index contributed by atoms with van der Waals surface area (Å²) in [5.41, 5.74) is 6.27. The Morgan fingerprint density at radius 2 is 2.22 bits per heavy atom. The lowest BCUT2D eigenvalue weighted by Crippen LogP contribution is -2.42. The predicted molar refractivity (Wildman–Crippen MR) is 80.2 cm³/mol. The lowest BCUT2D eigenvalue weighted by atomic mass is 10.1. The molecule has 1 amide bonds. The van der Waals surface area contributed by atoms with E-state index in [-0.39, 0.29) is 11.9 Å². The number of nitrogens with one attached hydrogen (secondary N) is 1. The molecule has 2 rings (SSSR count). The van der Waals surface area contributed by atoms with Gasteiger partial charge in [-0.15, -0.1) is 11.3 Å². The summed E-state index contributed by atoms with van der Waals surface area (Å²) in [4.78, 5) is 12.5. The number of carbonyl (C=O) groups is 1. The van der Waals surface area contributed by atoms with Crippen molar-refractivity contribution in [3.8, 4) is 0 Å². The zero-order valence-corrected chi connectivity index (χ0v) is 11.6. The molecular formula is C13H14N2OS2. The van der Waals surface area contributed by atoms with Crippen LogP contribution in [0.5, 0.6) is 0 Å². The molecule has 1 unspecified atom stereocenters. The average molecular weight is 278 g/mol. The van der Waals surface area contributed by atoms with E-state index in [2.05, 4.69) is 5.32 Å². The number of fused-ring (bicyclic) bond motifs is 1. The zero-order chi connectivity index (χ0) is 13.1. The van der Waals surface area contributed by atoms with Crippen LogP contribution < -0.4 is 11.1 Å². The molecule has 0 aliphatic carbocycles. The highest BCUT2D eigenvalue weighted by molar-refractivity contribution is 7.80. The average Bonchev–Trinajstić information content (AvgIpc) is 2.79. The Bertz CT molecular complexity index is 591. The van der Waals surface area contributed by atoms with E-state index in [0.29, 0.717) is 17.0 Å². The Morgan fingerprint density at radius 1 is 1.50 bits per heavy atom. The van der Waals surface area contributed by atoms with Gasteiger partial charge < -0.3 is 11.1 Å². The fourth-order valence-electron chi connectivity index (χ4n) is 1.76. The molecule has 0 spiro atoms.